The Hall–Kier alpha value is -3.98. The molecule has 0 fully saturated rings. The van der Waals surface area contributed by atoms with Gasteiger partial charge in [0.25, 0.3) is 5.56 Å². The molecule has 0 aliphatic heterocycles. The zero-order valence-corrected chi connectivity index (χ0v) is 20.3. The van der Waals surface area contributed by atoms with E-state index in [2.05, 4.69) is 20.4 Å². The molecule has 5 aromatic rings. The Morgan fingerprint density at radius 2 is 1.91 bits per heavy atom. The number of hydrogen-bond acceptors (Lipinski definition) is 6. The summed E-state index contributed by atoms with van der Waals surface area (Å²) in [6, 6.07) is 11.2. The first-order chi connectivity index (χ1) is 16.8. The van der Waals surface area contributed by atoms with Crippen LogP contribution in [0.3, 0.4) is 0 Å². The van der Waals surface area contributed by atoms with Crippen molar-refractivity contribution < 1.29 is 9.32 Å². The van der Waals surface area contributed by atoms with Crippen molar-refractivity contribution in [2.45, 2.75) is 40.3 Å². The van der Waals surface area contributed by atoms with Crippen LogP contribution in [0.4, 0.5) is 5.69 Å². The molecule has 1 N–H and O–H groups in total. The zero-order valence-electron chi connectivity index (χ0n) is 19.5. The summed E-state index contributed by atoms with van der Waals surface area (Å²) in [5.41, 5.74) is 3.82. The van der Waals surface area contributed by atoms with Crippen LogP contribution in [0.15, 0.2) is 52.0 Å². The summed E-state index contributed by atoms with van der Waals surface area (Å²) in [6.07, 6.45) is 2.10. The Morgan fingerprint density at radius 1 is 1.14 bits per heavy atom. The van der Waals surface area contributed by atoms with E-state index >= 15 is 0 Å². The van der Waals surface area contributed by atoms with Gasteiger partial charge in [0.05, 0.1) is 22.6 Å². The summed E-state index contributed by atoms with van der Waals surface area (Å²) < 4.78 is 8.35. The quantitative estimate of drug-likeness (QED) is 0.381. The number of rotatable bonds is 6. The maximum Gasteiger partial charge on any atom is 0.278 e. The molecular weight excluding hydrogens is 468 g/mol. The predicted octanol–water partition coefficient (Wildman–Crippen LogP) is 4.25. The Kier molecular flexibility index (Phi) is 5.86. The highest BCUT2D eigenvalue weighted by molar-refractivity contribution is 6.33. The highest BCUT2D eigenvalue weighted by atomic mass is 35.5. The molecule has 0 bridgehead atoms. The van der Waals surface area contributed by atoms with E-state index in [0.717, 1.165) is 22.0 Å². The van der Waals surface area contributed by atoms with E-state index in [-0.39, 0.29) is 24.6 Å². The second kappa shape index (κ2) is 8.99. The molecule has 0 radical (unpaired) electrons. The van der Waals surface area contributed by atoms with Crippen LogP contribution in [0.1, 0.15) is 29.8 Å². The number of anilines is 1. The first kappa shape index (κ1) is 22.8. The van der Waals surface area contributed by atoms with Crippen LogP contribution in [-0.2, 0) is 24.3 Å². The summed E-state index contributed by atoms with van der Waals surface area (Å²) in [7, 11) is 0. The molecule has 5 rings (SSSR count). The summed E-state index contributed by atoms with van der Waals surface area (Å²) in [4.78, 5) is 35.5. The number of benzene rings is 2. The van der Waals surface area contributed by atoms with Crippen molar-refractivity contribution in [3.8, 4) is 0 Å². The van der Waals surface area contributed by atoms with Crippen LogP contribution < -0.4 is 10.9 Å². The maximum absolute atomic E-state index is 13.6. The van der Waals surface area contributed by atoms with Gasteiger partial charge in [0.2, 0.25) is 11.8 Å². The third kappa shape index (κ3) is 4.30. The van der Waals surface area contributed by atoms with Gasteiger partial charge in [-0.05, 0) is 43.7 Å². The molecule has 0 spiro atoms. The van der Waals surface area contributed by atoms with Gasteiger partial charge in [0.1, 0.15) is 24.1 Å². The largest absolute Gasteiger partial charge is 0.337 e. The van der Waals surface area contributed by atoms with Gasteiger partial charge in [0, 0.05) is 11.8 Å². The number of carbonyl (C=O) groups excluding carboxylic acids is 1. The fraction of sp³-hybridized carbons (Fsp3) is 0.240. The summed E-state index contributed by atoms with van der Waals surface area (Å²) >= 11 is 6.29. The van der Waals surface area contributed by atoms with Gasteiger partial charge < -0.3 is 14.4 Å². The van der Waals surface area contributed by atoms with Crippen molar-refractivity contribution >= 4 is 45.1 Å². The summed E-state index contributed by atoms with van der Waals surface area (Å²) in [6.45, 7) is 5.81. The lowest BCUT2D eigenvalue weighted by atomic mass is 10.1. The van der Waals surface area contributed by atoms with Crippen LogP contribution in [0.5, 0.6) is 0 Å². The maximum atomic E-state index is 13.6. The molecule has 3 heterocycles. The number of aromatic nitrogens is 5. The lowest BCUT2D eigenvalue weighted by molar-refractivity contribution is -0.116. The molecule has 0 saturated carbocycles. The number of nitrogens with one attached hydrogen (secondary N) is 1. The van der Waals surface area contributed by atoms with Crippen molar-refractivity contribution in [2.75, 3.05) is 5.32 Å². The molecule has 9 nitrogen and oxygen atoms in total. The average molecular weight is 491 g/mol. The first-order valence-corrected chi connectivity index (χ1v) is 11.6. The van der Waals surface area contributed by atoms with Gasteiger partial charge in [-0.1, -0.05) is 41.4 Å². The predicted molar refractivity (Wildman–Crippen MR) is 134 cm³/mol. The van der Waals surface area contributed by atoms with E-state index in [1.165, 1.54) is 10.9 Å². The van der Waals surface area contributed by atoms with Gasteiger partial charge in [0.15, 0.2) is 5.82 Å². The molecule has 10 heteroatoms. The molecule has 0 saturated heterocycles. The van der Waals surface area contributed by atoms with E-state index in [4.69, 9.17) is 16.1 Å². The van der Waals surface area contributed by atoms with Gasteiger partial charge in [-0.2, -0.15) is 4.98 Å². The minimum absolute atomic E-state index is 0.0838. The Morgan fingerprint density at radius 3 is 2.66 bits per heavy atom. The molecule has 3 aromatic heterocycles. The van der Waals surface area contributed by atoms with Crippen LogP contribution in [0, 0.1) is 13.8 Å². The topological polar surface area (TPSA) is 108 Å². The normalized spacial score (nSPS) is 11.4. The van der Waals surface area contributed by atoms with Crippen LogP contribution in [0.25, 0.3) is 21.9 Å². The van der Waals surface area contributed by atoms with Crippen molar-refractivity contribution in [2.24, 2.45) is 0 Å². The van der Waals surface area contributed by atoms with Crippen LogP contribution in [0.2, 0.25) is 5.02 Å². The molecular formula is C25H23ClN6O3. The fourth-order valence-corrected chi connectivity index (χ4v) is 4.37. The number of aryl methyl sites for hydroxylation is 3. The van der Waals surface area contributed by atoms with Crippen molar-refractivity contribution in [3.63, 3.8) is 0 Å². The minimum Gasteiger partial charge on any atom is -0.337 e. The highest BCUT2D eigenvalue weighted by Crippen LogP contribution is 2.27. The molecule has 0 unspecified atom stereocenters. The summed E-state index contributed by atoms with van der Waals surface area (Å²) in [5, 5.41) is 7.98. The van der Waals surface area contributed by atoms with Crippen LogP contribution in [-0.4, -0.2) is 30.2 Å². The average Bonchev–Trinajstić information content (AvgIpc) is 3.40. The van der Waals surface area contributed by atoms with Gasteiger partial charge >= 0.3 is 0 Å². The lowest BCUT2D eigenvalue weighted by Gasteiger charge is -2.11. The second-order valence-corrected chi connectivity index (χ2v) is 8.88. The minimum atomic E-state index is -0.311. The number of hydrogen-bond donors (Lipinski definition) is 1. The fourth-order valence-electron chi connectivity index (χ4n) is 4.09. The van der Waals surface area contributed by atoms with Crippen molar-refractivity contribution in [1.82, 2.24) is 24.3 Å². The first-order valence-electron chi connectivity index (χ1n) is 11.2. The molecule has 178 valence electrons. The van der Waals surface area contributed by atoms with Gasteiger partial charge in [-0.3, -0.25) is 14.2 Å². The van der Waals surface area contributed by atoms with E-state index in [9.17, 15) is 9.59 Å². The van der Waals surface area contributed by atoms with E-state index in [0.29, 0.717) is 39.9 Å². The monoisotopic (exact) mass is 490 g/mol. The smallest absolute Gasteiger partial charge is 0.278 e. The molecule has 0 atom stereocenters. The molecule has 1 amide bonds. The number of halogens is 1. The third-order valence-corrected chi connectivity index (χ3v) is 6.13. The number of nitrogens with zero attached hydrogens (tertiary/aromatic N) is 5. The van der Waals surface area contributed by atoms with Gasteiger partial charge in [-0.15, -0.1) is 0 Å². The van der Waals surface area contributed by atoms with Crippen LogP contribution >= 0.6 is 11.6 Å². The highest BCUT2D eigenvalue weighted by Gasteiger charge is 2.20. The molecule has 2 aromatic carbocycles. The molecule has 0 aliphatic rings. The van der Waals surface area contributed by atoms with Crippen molar-refractivity contribution in [1.29, 1.82) is 0 Å². The zero-order chi connectivity index (χ0) is 24.7. The number of fused-ring (bicyclic) bond motifs is 3. The Labute approximate surface area is 205 Å². The number of carbonyl (C=O) groups is 1. The standard InChI is InChI=1S/C25H23ClN6O3/c1-4-20-29-22(35-30-20)12-31-13-27-23-16-9-14(2)6-8-19(16)32(24(23)25(31)34)11-21(33)28-18-7-5-15(3)10-17(18)26/h5-10,13H,4,11-12H2,1-3H3,(H,28,33). The van der Waals surface area contributed by atoms with E-state index in [1.807, 2.05) is 45.0 Å². The Bertz CT molecular complexity index is 1650. The summed E-state index contributed by atoms with van der Waals surface area (Å²) in [5.74, 6) is 0.572. The molecule has 35 heavy (non-hydrogen) atoms. The van der Waals surface area contributed by atoms with E-state index < -0.39 is 0 Å². The second-order valence-electron chi connectivity index (χ2n) is 8.47. The Balaban J connectivity index is 1.58. The number of amides is 1. The lowest BCUT2D eigenvalue weighted by Crippen LogP contribution is -2.25. The van der Waals surface area contributed by atoms with Crippen molar-refractivity contribution in [3.05, 3.63) is 80.9 Å². The van der Waals surface area contributed by atoms with Gasteiger partial charge in [-0.25, -0.2) is 4.98 Å². The third-order valence-electron chi connectivity index (χ3n) is 5.81. The molecule has 0 aliphatic carbocycles. The SMILES string of the molecule is CCc1noc(Cn2cnc3c4cc(C)ccc4n(CC(=O)Nc4ccc(C)cc4Cl)c3c2=O)n1. The van der Waals surface area contributed by atoms with E-state index in [1.54, 1.807) is 16.7 Å².